The Balaban J connectivity index is 2.11. The number of benzene rings is 2. The van der Waals surface area contributed by atoms with Gasteiger partial charge in [0.05, 0.1) is 0 Å². The Bertz CT molecular complexity index is 599. The van der Waals surface area contributed by atoms with Crippen molar-refractivity contribution in [1.29, 1.82) is 0 Å². The van der Waals surface area contributed by atoms with E-state index in [9.17, 15) is 0 Å². The summed E-state index contributed by atoms with van der Waals surface area (Å²) in [6.45, 7) is 2.22. The first-order valence-electron chi connectivity index (χ1n) is 8.21. The van der Waals surface area contributed by atoms with Crippen molar-refractivity contribution in [2.75, 3.05) is 0 Å². The number of rotatable bonds is 9. The zero-order valence-electron chi connectivity index (χ0n) is 13.6. The molecule has 0 aromatic heterocycles. The maximum atomic E-state index is 9.12. The van der Waals surface area contributed by atoms with E-state index < -0.39 is 8.60 Å². The van der Waals surface area contributed by atoms with Crippen LogP contribution in [0.1, 0.15) is 49.3 Å². The van der Waals surface area contributed by atoms with E-state index in [1.165, 1.54) is 36.8 Å². The van der Waals surface area contributed by atoms with Crippen LogP contribution in [-0.4, -0.2) is 9.79 Å². The first-order chi connectivity index (χ1) is 11.2. The topological polar surface area (TPSA) is 49.7 Å². The van der Waals surface area contributed by atoms with Crippen LogP contribution in [0.5, 0.6) is 5.75 Å². The van der Waals surface area contributed by atoms with E-state index in [0.29, 0.717) is 5.75 Å². The number of hydrogen-bond acceptors (Lipinski definition) is 3. The third-order valence-electron chi connectivity index (χ3n) is 3.95. The molecular weight excluding hydrogens is 307 g/mol. The SMILES string of the molecule is CCCCCCc1ccccc1Cc1ccccc1OP(O)O. The van der Waals surface area contributed by atoms with Gasteiger partial charge < -0.3 is 14.3 Å². The van der Waals surface area contributed by atoms with Gasteiger partial charge in [-0.25, -0.2) is 0 Å². The van der Waals surface area contributed by atoms with E-state index in [1.54, 1.807) is 6.07 Å². The van der Waals surface area contributed by atoms with Gasteiger partial charge in [0.2, 0.25) is 0 Å². The summed E-state index contributed by atoms with van der Waals surface area (Å²) >= 11 is 0. The maximum Gasteiger partial charge on any atom is 0.391 e. The number of para-hydroxylation sites is 1. The molecule has 0 unspecified atom stereocenters. The molecule has 2 rings (SSSR count). The van der Waals surface area contributed by atoms with Crippen molar-refractivity contribution in [1.82, 2.24) is 0 Å². The minimum Gasteiger partial charge on any atom is -0.427 e. The second kappa shape index (κ2) is 9.67. The van der Waals surface area contributed by atoms with Crippen LogP contribution in [0, 0.1) is 0 Å². The minimum atomic E-state index is -2.39. The first kappa shape index (κ1) is 17.9. The molecule has 0 aliphatic heterocycles. The standard InChI is InChI=1S/C19H25O3P/c1-2-3-4-5-10-16-11-6-7-12-17(16)15-18-13-8-9-14-19(18)22-23(20)21/h6-9,11-14,20-21H,2-5,10,15H2,1H3. The molecule has 0 spiro atoms. The van der Waals surface area contributed by atoms with Crippen molar-refractivity contribution in [3.8, 4) is 5.75 Å². The summed E-state index contributed by atoms with van der Waals surface area (Å²) in [5.41, 5.74) is 3.62. The van der Waals surface area contributed by atoms with E-state index in [-0.39, 0.29) is 0 Å². The quantitative estimate of drug-likeness (QED) is 0.502. The lowest BCUT2D eigenvalue weighted by Gasteiger charge is -2.13. The van der Waals surface area contributed by atoms with Crippen LogP contribution in [0.3, 0.4) is 0 Å². The highest BCUT2D eigenvalue weighted by Crippen LogP contribution is 2.33. The van der Waals surface area contributed by atoms with Gasteiger partial charge in [-0.3, -0.25) is 0 Å². The summed E-state index contributed by atoms with van der Waals surface area (Å²) in [7, 11) is -2.39. The molecule has 2 aromatic rings. The molecule has 23 heavy (non-hydrogen) atoms. The molecule has 0 atom stereocenters. The Morgan fingerprint density at radius 2 is 1.48 bits per heavy atom. The lowest BCUT2D eigenvalue weighted by molar-refractivity contribution is 0.373. The number of hydrogen-bond donors (Lipinski definition) is 2. The third-order valence-corrected chi connectivity index (χ3v) is 4.31. The molecule has 0 heterocycles. The Morgan fingerprint density at radius 1 is 0.826 bits per heavy atom. The predicted octanol–water partition coefficient (Wildman–Crippen LogP) is 4.99. The third kappa shape index (κ3) is 5.95. The van der Waals surface area contributed by atoms with Crippen molar-refractivity contribution in [3.63, 3.8) is 0 Å². The van der Waals surface area contributed by atoms with Crippen molar-refractivity contribution in [2.45, 2.75) is 45.4 Å². The van der Waals surface area contributed by atoms with Crippen LogP contribution in [0.15, 0.2) is 48.5 Å². The highest BCUT2D eigenvalue weighted by Gasteiger charge is 2.10. The molecule has 3 nitrogen and oxygen atoms in total. The Kier molecular flexibility index (Phi) is 7.54. The molecule has 124 valence electrons. The largest absolute Gasteiger partial charge is 0.427 e. The highest BCUT2D eigenvalue weighted by atomic mass is 31.2. The van der Waals surface area contributed by atoms with Gasteiger partial charge in [0.15, 0.2) is 0 Å². The molecule has 0 radical (unpaired) electrons. The predicted molar refractivity (Wildman–Crippen MR) is 95.5 cm³/mol. The summed E-state index contributed by atoms with van der Waals surface area (Å²) in [5, 5.41) is 0. The fourth-order valence-electron chi connectivity index (χ4n) is 2.75. The molecule has 0 aliphatic rings. The molecule has 0 saturated carbocycles. The molecule has 0 saturated heterocycles. The summed E-state index contributed by atoms with van der Waals surface area (Å²) in [6, 6.07) is 16.0. The first-order valence-corrected chi connectivity index (χ1v) is 9.37. The van der Waals surface area contributed by atoms with Crippen LogP contribution in [0.2, 0.25) is 0 Å². The maximum absolute atomic E-state index is 9.12. The van der Waals surface area contributed by atoms with E-state index in [2.05, 4.69) is 31.2 Å². The van der Waals surface area contributed by atoms with Crippen LogP contribution in [0.4, 0.5) is 0 Å². The van der Waals surface area contributed by atoms with Crippen LogP contribution >= 0.6 is 8.60 Å². The molecule has 2 aromatic carbocycles. The lowest BCUT2D eigenvalue weighted by atomic mass is 9.95. The minimum absolute atomic E-state index is 0.546. The Hall–Kier alpha value is -1.41. The van der Waals surface area contributed by atoms with Crippen molar-refractivity contribution in [2.24, 2.45) is 0 Å². The monoisotopic (exact) mass is 332 g/mol. The highest BCUT2D eigenvalue weighted by molar-refractivity contribution is 7.39. The summed E-state index contributed by atoms with van der Waals surface area (Å²) < 4.78 is 5.15. The second-order valence-corrected chi connectivity index (χ2v) is 6.40. The zero-order valence-corrected chi connectivity index (χ0v) is 14.5. The smallest absolute Gasteiger partial charge is 0.391 e. The van der Waals surface area contributed by atoms with Gasteiger partial charge in [-0.2, -0.15) is 0 Å². The Labute approximate surface area is 140 Å². The fourth-order valence-corrected chi connectivity index (χ4v) is 3.10. The average Bonchev–Trinajstić information content (AvgIpc) is 2.54. The van der Waals surface area contributed by atoms with E-state index in [0.717, 1.165) is 18.4 Å². The fraction of sp³-hybridized carbons (Fsp3) is 0.368. The lowest BCUT2D eigenvalue weighted by Crippen LogP contribution is -1.98. The average molecular weight is 332 g/mol. The molecule has 0 aliphatic carbocycles. The molecule has 0 fully saturated rings. The van der Waals surface area contributed by atoms with Gasteiger partial charge in [-0.05, 0) is 35.6 Å². The summed E-state index contributed by atoms with van der Waals surface area (Å²) in [5.74, 6) is 0.546. The van der Waals surface area contributed by atoms with Crippen molar-refractivity contribution in [3.05, 3.63) is 65.2 Å². The molecule has 2 N–H and O–H groups in total. The second-order valence-electron chi connectivity index (χ2n) is 5.71. The van der Waals surface area contributed by atoms with Crippen LogP contribution < -0.4 is 4.52 Å². The normalized spacial score (nSPS) is 11.0. The zero-order chi connectivity index (χ0) is 16.5. The van der Waals surface area contributed by atoms with Gasteiger partial charge in [0.1, 0.15) is 5.75 Å². The van der Waals surface area contributed by atoms with E-state index in [1.807, 2.05) is 18.2 Å². The van der Waals surface area contributed by atoms with Crippen LogP contribution in [-0.2, 0) is 12.8 Å². The number of unbranched alkanes of at least 4 members (excludes halogenated alkanes) is 3. The van der Waals surface area contributed by atoms with Gasteiger partial charge in [0, 0.05) is 6.42 Å². The van der Waals surface area contributed by atoms with Crippen molar-refractivity contribution >= 4 is 8.60 Å². The van der Waals surface area contributed by atoms with E-state index in [4.69, 9.17) is 14.3 Å². The molecule has 0 bridgehead atoms. The molecule has 0 amide bonds. The van der Waals surface area contributed by atoms with Gasteiger partial charge in [0.25, 0.3) is 0 Å². The van der Waals surface area contributed by atoms with Crippen LogP contribution in [0.25, 0.3) is 0 Å². The molecular formula is C19H25O3P. The Morgan fingerprint density at radius 3 is 2.17 bits per heavy atom. The molecule has 4 heteroatoms. The van der Waals surface area contributed by atoms with Gasteiger partial charge >= 0.3 is 8.60 Å². The summed E-state index contributed by atoms with van der Waals surface area (Å²) in [4.78, 5) is 18.2. The van der Waals surface area contributed by atoms with Crippen molar-refractivity contribution < 1.29 is 14.3 Å². The van der Waals surface area contributed by atoms with E-state index >= 15 is 0 Å². The number of aryl methyl sites for hydroxylation is 1. The van der Waals surface area contributed by atoms with Gasteiger partial charge in [-0.15, -0.1) is 0 Å². The van der Waals surface area contributed by atoms with Gasteiger partial charge in [-0.1, -0.05) is 68.7 Å². The summed E-state index contributed by atoms with van der Waals surface area (Å²) in [6.07, 6.45) is 6.84.